The topological polar surface area (TPSA) is 13.0 Å². The van der Waals surface area contributed by atoms with Crippen LogP contribution in [-0.4, -0.2) is 0 Å². The maximum Gasteiger partial charge on any atom is 0.0488 e. The number of para-hydroxylation sites is 4. The molecule has 68 heavy (non-hydrogen) atoms. The van der Waals surface area contributed by atoms with Crippen molar-refractivity contribution in [3.8, 4) is 11.1 Å². The second kappa shape index (κ2) is 19.5. The third-order valence-electron chi connectivity index (χ3n) is 12.3. The number of anilines is 12. The van der Waals surface area contributed by atoms with Gasteiger partial charge in [0.2, 0.25) is 0 Å². The molecular weight excluding hydrogens is 825 g/mol. The number of benzene rings is 10. The van der Waals surface area contributed by atoms with E-state index in [-0.39, 0.29) is 0 Å². The van der Waals surface area contributed by atoms with Gasteiger partial charge in [0.1, 0.15) is 0 Å². The zero-order chi connectivity index (χ0) is 46.4. The Morgan fingerprint density at radius 1 is 0.176 bits per heavy atom. The highest BCUT2D eigenvalue weighted by atomic mass is 15.2. The summed E-state index contributed by atoms with van der Waals surface area (Å²) in [6, 6.07) is 92.2. The highest BCUT2D eigenvalue weighted by Gasteiger charge is 2.23. The van der Waals surface area contributed by atoms with Gasteiger partial charge in [0, 0.05) is 68.2 Å². The minimum atomic E-state index is 1.03. The summed E-state index contributed by atoms with van der Waals surface area (Å²) in [5.74, 6) is 0. The minimum Gasteiger partial charge on any atom is -0.310 e. The van der Waals surface area contributed by atoms with Gasteiger partial charge in [-0.2, -0.15) is 0 Å². The molecule has 10 aromatic rings. The molecule has 0 atom stereocenters. The maximum absolute atomic E-state index is 2.39. The van der Waals surface area contributed by atoms with Gasteiger partial charge in [0.15, 0.2) is 0 Å². The Hall–Kier alpha value is -8.60. The largest absolute Gasteiger partial charge is 0.310 e. The standard InChI is InChI=1S/C64H54N4/c1-47-21-17-33-57(37-47)65(53-25-9-5-10-26-53)61-41-51(42-62(45-61)66(54-27-11-6-12-28-54)58-34-18-22-48(2)38-58)52-43-63(67(55-29-13-7-14-30-55)59-35-19-23-49(3)39-59)46-64(44-52)68(56-31-15-8-16-32-56)60-36-20-24-50(4)40-60/h5-46H,1-4H3. The molecule has 0 spiro atoms. The van der Waals surface area contributed by atoms with Gasteiger partial charge in [-0.25, -0.2) is 0 Å². The van der Waals surface area contributed by atoms with Crippen LogP contribution in [0.25, 0.3) is 11.1 Å². The number of hydrogen-bond donors (Lipinski definition) is 0. The van der Waals surface area contributed by atoms with E-state index in [2.05, 4.69) is 302 Å². The van der Waals surface area contributed by atoms with Crippen molar-refractivity contribution >= 4 is 68.2 Å². The molecule has 0 saturated heterocycles. The van der Waals surface area contributed by atoms with E-state index in [0.717, 1.165) is 79.4 Å². The molecule has 0 saturated carbocycles. The summed E-state index contributed by atoms with van der Waals surface area (Å²) in [6.07, 6.45) is 0. The fourth-order valence-electron chi connectivity index (χ4n) is 9.21. The van der Waals surface area contributed by atoms with Crippen LogP contribution < -0.4 is 19.6 Å². The summed E-state index contributed by atoms with van der Waals surface area (Å²) < 4.78 is 0. The van der Waals surface area contributed by atoms with Crippen LogP contribution in [0, 0.1) is 27.7 Å². The Labute approximate surface area is 401 Å². The Balaban J connectivity index is 1.30. The molecule has 0 amide bonds. The molecule has 0 aliphatic heterocycles. The van der Waals surface area contributed by atoms with Crippen molar-refractivity contribution in [2.24, 2.45) is 0 Å². The van der Waals surface area contributed by atoms with Crippen molar-refractivity contribution in [1.82, 2.24) is 0 Å². The summed E-state index contributed by atoms with van der Waals surface area (Å²) in [5, 5.41) is 0. The van der Waals surface area contributed by atoms with E-state index in [1.165, 1.54) is 22.3 Å². The lowest BCUT2D eigenvalue weighted by Gasteiger charge is -2.32. The lowest BCUT2D eigenvalue weighted by atomic mass is 9.99. The lowest BCUT2D eigenvalue weighted by Crippen LogP contribution is -2.15. The molecule has 0 N–H and O–H groups in total. The van der Waals surface area contributed by atoms with Crippen molar-refractivity contribution in [3.05, 3.63) is 277 Å². The van der Waals surface area contributed by atoms with Crippen LogP contribution in [0.15, 0.2) is 255 Å². The minimum absolute atomic E-state index is 1.03. The van der Waals surface area contributed by atoms with Gasteiger partial charge in [-0.1, -0.05) is 121 Å². The number of aryl methyl sites for hydroxylation is 4. The number of nitrogens with zero attached hydrogens (tertiary/aromatic N) is 4. The fourth-order valence-corrected chi connectivity index (χ4v) is 9.21. The summed E-state index contributed by atoms with van der Waals surface area (Å²) in [6.45, 7) is 8.65. The van der Waals surface area contributed by atoms with Gasteiger partial charge in [-0.3, -0.25) is 0 Å². The van der Waals surface area contributed by atoms with Crippen molar-refractivity contribution in [1.29, 1.82) is 0 Å². The monoisotopic (exact) mass is 878 g/mol. The number of hydrogen-bond acceptors (Lipinski definition) is 4. The number of rotatable bonds is 13. The molecule has 330 valence electrons. The lowest BCUT2D eigenvalue weighted by molar-refractivity contribution is 1.23. The third-order valence-corrected chi connectivity index (χ3v) is 12.3. The van der Waals surface area contributed by atoms with Gasteiger partial charge in [-0.15, -0.1) is 0 Å². The summed E-state index contributed by atoms with van der Waals surface area (Å²) in [7, 11) is 0. The van der Waals surface area contributed by atoms with Gasteiger partial charge in [0.05, 0.1) is 0 Å². The van der Waals surface area contributed by atoms with Crippen molar-refractivity contribution in [2.75, 3.05) is 19.6 Å². The predicted molar refractivity (Wildman–Crippen MR) is 290 cm³/mol. The first-order valence-electron chi connectivity index (χ1n) is 23.3. The van der Waals surface area contributed by atoms with E-state index in [0.29, 0.717) is 0 Å². The molecule has 0 radical (unpaired) electrons. The normalized spacial score (nSPS) is 10.9. The first-order chi connectivity index (χ1) is 33.3. The van der Waals surface area contributed by atoms with Crippen LogP contribution >= 0.6 is 0 Å². The highest BCUT2D eigenvalue weighted by molar-refractivity contribution is 5.92. The molecule has 4 nitrogen and oxygen atoms in total. The predicted octanol–water partition coefficient (Wildman–Crippen LogP) is 18.5. The Morgan fingerprint density at radius 2 is 0.382 bits per heavy atom. The highest BCUT2D eigenvalue weighted by Crippen LogP contribution is 2.47. The Kier molecular flexibility index (Phi) is 12.4. The van der Waals surface area contributed by atoms with Gasteiger partial charge in [-0.05, 0) is 195 Å². The Morgan fingerprint density at radius 3 is 0.588 bits per heavy atom. The van der Waals surface area contributed by atoms with Crippen LogP contribution in [-0.2, 0) is 0 Å². The van der Waals surface area contributed by atoms with Crippen molar-refractivity contribution in [3.63, 3.8) is 0 Å². The van der Waals surface area contributed by atoms with Crippen LogP contribution in [0.4, 0.5) is 68.2 Å². The maximum atomic E-state index is 2.39. The first-order valence-corrected chi connectivity index (χ1v) is 23.3. The van der Waals surface area contributed by atoms with Gasteiger partial charge < -0.3 is 19.6 Å². The Bertz CT molecular complexity index is 2860. The molecule has 0 heterocycles. The molecule has 0 aliphatic rings. The smallest absolute Gasteiger partial charge is 0.0488 e. The quantitative estimate of drug-likeness (QED) is 0.114. The van der Waals surface area contributed by atoms with Crippen LogP contribution in [0.1, 0.15) is 22.3 Å². The van der Waals surface area contributed by atoms with E-state index in [4.69, 9.17) is 0 Å². The third kappa shape index (κ3) is 9.40. The zero-order valence-corrected chi connectivity index (χ0v) is 39.0. The molecule has 0 unspecified atom stereocenters. The summed E-state index contributed by atoms with van der Waals surface area (Å²) in [5.41, 5.74) is 19.7. The van der Waals surface area contributed by atoms with Crippen LogP contribution in [0.3, 0.4) is 0 Å². The molecule has 0 aromatic heterocycles. The molecule has 0 aliphatic carbocycles. The average molecular weight is 879 g/mol. The van der Waals surface area contributed by atoms with E-state index in [9.17, 15) is 0 Å². The van der Waals surface area contributed by atoms with Gasteiger partial charge >= 0.3 is 0 Å². The first kappa shape index (κ1) is 43.3. The second-order valence-corrected chi connectivity index (χ2v) is 17.5. The van der Waals surface area contributed by atoms with Crippen molar-refractivity contribution in [2.45, 2.75) is 27.7 Å². The molecule has 10 aromatic carbocycles. The molecule has 0 fully saturated rings. The van der Waals surface area contributed by atoms with E-state index >= 15 is 0 Å². The molecule has 10 rings (SSSR count). The van der Waals surface area contributed by atoms with E-state index in [1.54, 1.807) is 0 Å². The van der Waals surface area contributed by atoms with E-state index in [1.807, 2.05) is 0 Å². The SMILES string of the molecule is Cc1cccc(N(c2ccccc2)c2cc(-c3cc(N(c4ccccc4)c4cccc(C)c4)cc(N(c4ccccc4)c4cccc(C)c4)c3)cc(N(c3ccccc3)c3cccc(C)c3)c2)c1. The molecule has 4 heteroatoms. The zero-order valence-electron chi connectivity index (χ0n) is 39.0. The molecule has 0 bridgehead atoms. The van der Waals surface area contributed by atoms with Crippen LogP contribution in [0.5, 0.6) is 0 Å². The average Bonchev–Trinajstić information content (AvgIpc) is 3.36. The summed E-state index contributed by atoms with van der Waals surface area (Å²) in [4.78, 5) is 9.54. The van der Waals surface area contributed by atoms with Crippen molar-refractivity contribution < 1.29 is 0 Å². The van der Waals surface area contributed by atoms with E-state index < -0.39 is 0 Å². The van der Waals surface area contributed by atoms with Crippen LogP contribution in [0.2, 0.25) is 0 Å². The fraction of sp³-hybridized carbons (Fsp3) is 0.0625. The summed E-state index contributed by atoms with van der Waals surface area (Å²) >= 11 is 0. The van der Waals surface area contributed by atoms with Gasteiger partial charge in [0.25, 0.3) is 0 Å². The second-order valence-electron chi connectivity index (χ2n) is 17.5. The molecular formula is C64H54N4.